The lowest BCUT2D eigenvalue weighted by Crippen LogP contribution is -2.38. The zero-order valence-electron chi connectivity index (χ0n) is 18.3. The maximum atomic E-state index is 13.2. The van der Waals surface area contributed by atoms with Crippen LogP contribution in [0, 0.1) is 0 Å². The molecule has 0 unspecified atom stereocenters. The molecular weight excluding hydrogens is 440 g/mol. The Morgan fingerprint density at radius 1 is 0.559 bits per heavy atom. The average Bonchev–Trinajstić information content (AvgIpc) is 2.90. The first-order valence-electron chi connectivity index (χ1n) is 11.0. The Bertz CT molecular complexity index is 1370. The Labute approximate surface area is 203 Å². The molecule has 0 atom stereocenters. The molecule has 0 bridgehead atoms. The van der Waals surface area contributed by atoms with E-state index in [1.807, 2.05) is 78.9 Å². The fourth-order valence-electron chi connectivity index (χ4n) is 3.86. The Balaban J connectivity index is 1.80. The van der Waals surface area contributed by atoms with Crippen LogP contribution in [0.1, 0.15) is 5.56 Å². The van der Waals surface area contributed by atoms with Gasteiger partial charge in [0.2, 0.25) is 11.4 Å². The van der Waals surface area contributed by atoms with Crippen LogP contribution in [-0.4, -0.2) is 5.90 Å². The summed E-state index contributed by atoms with van der Waals surface area (Å²) in [7, 11) is 0. The minimum atomic E-state index is -0.344. The highest BCUT2D eigenvalue weighted by atomic mass is 35.5. The summed E-state index contributed by atoms with van der Waals surface area (Å²) in [4.78, 5) is 0. The van der Waals surface area contributed by atoms with Crippen molar-refractivity contribution in [1.29, 1.82) is 0 Å². The number of halogens is 1. The highest BCUT2D eigenvalue weighted by Crippen LogP contribution is 2.29. The number of benzene rings is 4. The lowest BCUT2D eigenvalue weighted by molar-refractivity contribution is -0.659. The normalized spacial score (nSPS) is 11.4. The molecular formula is C30H21ClN2O. The molecule has 0 aliphatic heterocycles. The minimum absolute atomic E-state index is 0.344. The van der Waals surface area contributed by atoms with Gasteiger partial charge < -0.3 is 5.11 Å². The maximum Gasteiger partial charge on any atom is 0.246 e. The van der Waals surface area contributed by atoms with Crippen LogP contribution in [0.25, 0.3) is 33.6 Å². The van der Waals surface area contributed by atoms with E-state index in [0.717, 1.165) is 33.6 Å². The molecule has 34 heavy (non-hydrogen) atoms. The zero-order chi connectivity index (χ0) is 23.3. The molecule has 0 N–H and O–H groups in total. The van der Waals surface area contributed by atoms with Gasteiger partial charge in [0, 0.05) is 28.3 Å². The summed E-state index contributed by atoms with van der Waals surface area (Å²) in [6.45, 7) is 0. The van der Waals surface area contributed by atoms with Gasteiger partial charge in [0.1, 0.15) is 0 Å². The Hall–Kier alpha value is -4.21. The summed E-state index contributed by atoms with van der Waals surface area (Å²) >= 11 is 6.02. The molecule has 1 heterocycles. The molecule has 0 amide bonds. The predicted octanol–water partition coefficient (Wildman–Crippen LogP) is 6.20. The van der Waals surface area contributed by atoms with Gasteiger partial charge in [-0.2, -0.15) is 0 Å². The van der Waals surface area contributed by atoms with Crippen molar-refractivity contribution >= 4 is 17.5 Å². The molecule has 4 heteroatoms. The molecule has 5 rings (SSSR count). The van der Waals surface area contributed by atoms with Gasteiger partial charge in [0.25, 0.3) is 0 Å². The van der Waals surface area contributed by atoms with E-state index < -0.39 is 0 Å². The van der Waals surface area contributed by atoms with E-state index in [1.165, 1.54) is 0 Å². The Morgan fingerprint density at radius 3 is 1.47 bits per heavy atom. The van der Waals surface area contributed by atoms with Gasteiger partial charge in [-0.25, -0.2) is 0 Å². The van der Waals surface area contributed by atoms with Crippen molar-refractivity contribution in [2.75, 3.05) is 0 Å². The van der Waals surface area contributed by atoms with Gasteiger partial charge in [-0.05, 0) is 62.9 Å². The first-order valence-corrected chi connectivity index (χ1v) is 11.4. The molecule has 164 valence electrons. The fraction of sp³-hybridized carbons (Fsp3) is 0. The third kappa shape index (κ3) is 4.61. The number of pyridine rings is 1. The quantitative estimate of drug-likeness (QED) is 0.175. The van der Waals surface area contributed by atoms with Crippen LogP contribution < -0.4 is 9.78 Å². The minimum Gasteiger partial charge on any atom is -0.854 e. The second kappa shape index (κ2) is 9.74. The van der Waals surface area contributed by atoms with Crippen LogP contribution in [0.4, 0.5) is 0 Å². The predicted molar refractivity (Wildman–Crippen MR) is 136 cm³/mol. The lowest BCUT2D eigenvalue weighted by atomic mass is 10.00. The summed E-state index contributed by atoms with van der Waals surface area (Å²) in [6, 6.07) is 41.1. The summed E-state index contributed by atoms with van der Waals surface area (Å²) < 4.78 is 1.74. The van der Waals surface area contributed by atoms with Crippen LogP contribution >= 0.6 is 11.6 Å². The van der Waals surface area contributed by atoms with Crippen molar-refractivity contribution in [3.63, 3.8) is 0 Å². The smallest absolute Gasteiger partial charge is 0.246 e. The average molecular weight is 461 g/mol. The second-order valence-corrected chi connectivity index (χ2v) is 8.27. The van der Waals surface area contributed by atoms with E-state index in [1.54, 1.807) is 28.9 Å². The highest BCUT2D eigenvalue weighted by Gasteiger charge is 2.23. The molecule has 0 spiro atoms. The molecule has 1 aromatic heterocycles. The summed E-state index contributed by atoms with van der Waals surface area (Å²) in [5.74, 6) is -0.344. The number of nitrogens with zero attached hydrogens (tertiary/aromatic N) is 2. The molecule has 0 saturated heterocycles. The van der Waals surface area contributed by atoms with E-state index in [-0.39, 0.29) is 5.90 Å². The van der Waals surface area contributed by atoms with Gasteiger partial charge in [0.15, 0.2) is 0 Å². The topological polar surface area (TPSA) is 39.3 Å². The summed E-state index contributed by atoms with van der Waals surface area (Å²) in [5, 5.41) is 18.4. The number of hydrogen-bond acceptors (Lipinski definition) is 2. The van der Waals surface area contributed by atoms with Gasteiger partial charge in [-0.1, -0.05) is 90.5 Å². The van der Waals surface area contributed by atoms with Crippen molar-refractivity contribution in [2.45, 2.75) is 0 Å². The second-order valence-electron chi connectivity index (χ2n) is 7.84. The largest absolute Gasteiger partial charge is 0.854 e. The SMILES string of the molecule is [O-]/C(=N\[n+]1c(-c2ccccc2)cc(-c2ccccc2)cc1-c1ccccc1)c1ccc(Cl)cc1. The van der Waals surface area contributed by atoms with E-state index in [0.29, 0.717) is 10.6 Å². The van der Waals surface area contributed by atoms with Crippen molar-refractivity contribution in [1.82, 2.24) is 0 Å². The zero-order valence-corrected chi connectivity index (χ0v) is 19.1. The van der Waals surface area contributed by atoms with Crippen LogP contribution in [0.15, 0.2) is 132 Å². The van der Waals surface area contributed by atoms with Gasteiger partial charge in [0.05, 0.1) is 5.90 Å². The third-order valence-corrected chi connectivity index (χ3v) is 5.82. The molecule has 0 radical (unpaired) electrons. The summed E-state index contributed by atoms with van der Waals surface area (Å²) in [5.41, 5.74) is 6.18. The van der Waals surface area contributed by atoms with Crippen LogP contribution in [-0.2, 0) is 0 Å². The fourth-order valence-corrected chi connectivity index (χ4v) is 3.99. The van der Waals surface area contributed by atoms with E-state index in [9.17, 15) is 5.11 Å². The van der Waals surface area contributed by atoms with Gasteiger partial charge in [-0.3, -0.25) is 0 Å². The number of aromatic nitrogens is 1. The van der Waals surface area contributed by atoms with E-state index in [2.05, 4.69) is 29.4 Å². The number of hydrogen-bond donors (Lipinski definition) is 0. The molecule has 0 saturated carbocycles. The Kier molecular flexibility index (Phi) is 6.19. The van der Waals surface area contributed by atoms with E-state index in [4.69, 9.17) is 11.6 Å². The van der Waals surface area contributed by atoms with Crippen molar-refractivity contribution in [3.05, 3.63) is 138 Å². The van der Waals surface area contributed by atoms with Crippen LogP contribution in [0.2, 0.25) is 5.02 Å². The molecule has 3 nitrogen and oxygen atoms in total. The monoisotopic (exact) mass is 460 g/mol. The van der Waals surface area contributed by atoms with Crippen molar-refractivity contribution < 1.29 is 9.78 Å². The first kappa shape index (κ1) is 21.6. The van der Waals surface area contributed by atoms with Crippen molar-refractivity contribution in [3.8, 4) is 33.6 Å². The summed E-state index contributed by atoms with van der Waals surface area (Å²) in [6.07, 6.45) is 0. The van der Waals surface area contributed by atoms with Crippen molar-refractivity contribution in [2.24, 2.45) is 5.10 Å². The highest BCUT2D eigenvalue weighted by molar-refractivity contribution is 6.30. The van der Waals surface area contributed by atoms with Crippen LogP contribution in [0.5, 0.6) is 0 Å². The van der Waals surface area contributed by atoms with E-state index >= 15 is 0 Å². The standard InChI is InChI=1S/C30H21ClN2O/c31-27-18-16-25(17-19-27)30(34)32-33-28(23-12-6-2-7-13-23)20-26(22-10-4-1-5-11-22)21-29(33)24-14-8-3-9-15-24/h1-21H. The third-order valence-electron chi connectivity index (χ3n) is 5.57. The molecule has 5 aromatic rings. The van der Waals surface area contributed by atoms with Gasteiger partial charge in [-0.15, -0.1) is 0 Å². The Morgan fingerprint density at radius 2 is 1.00 bits per heavy atom. The number of rotatable bonds is 5. The molecule has 0 aliphatic carbocycles. The molecule has 0 fully saturated rings. The maximum absolute atomic E-state index is 13.2. The van der Waals surface area contributed by atoms with Gasteiger partial charge >= 0.3 is 0 Å². The first-order chi connectivity index (χ1) is 16.7. The molecule has 4 aromatic carbocycles. The lowest BCUT2D eigenvalue weighted by Gasteiger charge is -2.12. The molecule has 0 aliphatic rings. The van der Waals surface area contributed by atoms with Crippen LogP contribution in [0.3, 0.4) is 0 Å².